The van der Waals surface area contributed by atoms with E-state index >= 15 is 0 Å². The molecule has 0 atom stereocenters. The number of thiazole rings is 1. The van der Waals surface area contributed by atoms with Gasteiger partial charge >= 0.3 is 0 Å². The minimum atomic E-state index is 0.502. The van der Waals surface area contributed by atoms with Crippen LogP contribution >= 0.6 is 27.3 Å². The molecule has 0 saturated heterocycles. The summed E-state index contributed by atoms with van der Waals surface area (Å²) in [6, 6.07) is 6.08. The monoisotopic (exact) mass is 368 g/mol. The second kappa shape index (κ2) is 7.92. The molecule has 0 fully saturated rings. The molecular weight excluding hydrogens is 348 g/mol. The molecular formula is C16H21BrN2OS. The van der Waals surface area contributed by atoms with Gasteiger partial charge in [0, 0.05) is 11.9 Å². The van der Waals surface area contributed by atoms with E-state index in [-0.39, 0.29) is 0 Å². The molecule has 1 aromatic heterocycles. The van der Waals surface area contributed by atoms with E-state index in [0.717, 1.165) is 34.0 Å². The standard InChI is InChI=1S/C16H21BrN2OS/c1-11(2)7-18-8-16-19-13(10-21-16)9-20-15-5-4-12(3)6-14(15)17/h4-6,10-11,18H,7-9H2,1-3H3. The molecule has 21 heavy (non-hydrogen) atoms. The first-order valence-electron chi connectivity index (χ1n) is 7.07. The van der Waals surface area contributed by atoms with Crippen molar-refractivity contribution in [2.75, 3.05) is 6.54 Å². The van der Waals surface area contributed by atoms with Crippen molar-refractivity contribution in [1.29, 1.82) is 0 Å². The molecule has 1 heterocycles. The van der Waals surface area contributed by atoms with E-state index in [1.165, 1.54) is 5.56 Å². The molecule has 2 aromatic rings. The number of aromatic nitrogens is 1. The fourth-order valence-corrected chi connectivity index (χ4v) is 3.19. The predicted octanol–water partition coefficient (Wildman–Crippen LogP) is 4.54. The zero-order chi connectivity index (χ0) is 15.2. The Morgan fingerprint density at radius 3 is 2.90 bits per heavy atom. The second-order valence-electron chi connectivity index (χ2n) is 5.48. The molecule has 0 unspecified atom stereocenters. The lowest BCUT2D eigenvalue weighted by atomic mass is 10.2. The average Bonchev–Trinajstić information content (AvgIpc) is 2.85. The number of hydrogen-bond donors (Lipinski definition) is 1. The molecule has 0 amide bonds. The second-order valence-corrected chi connectivity index (χ2v) is 7.28. The van der Waals surface area contributed by atoms with Crippen molar-refractivity contribution in [2.45, 2.75) is 33.9 Å². The zero-order valence-electron chi connectivity index (χ0n) is 12.6. The predicted molar refractivity (Wildman–Crippen MR) is 91.9 cm³/mol. The van der Waals surface area contributed by atoms with Crippen LogP contribution < -0.4 is 10.1 Å². The smallest absolute Gasteiger partial charge is 0.134 e. The first kappa shape index (κ1) is 16.5. The molecule has 2 rings (SSSR count). The molecule has 0 aliphatic carbocycles. The van der Waals surface area contributed by atoms with Gasteiger partial charge in [0.15, 0.2) is 0 Å². The van der Waals surface area contributed by atoms with Crippen LogP contribution in [0.1, 0.15) is 30.1 Å². The third-order valence-electron chi connectivity index (χ3n) is 2.89. The fourth-order valence-electron chi connectivity index (χ4n) is 1.84. The van der Waals surface area contributed by atoms with E-state index in [0.29, 0.717) is 12.5 Å². The van der Waals surface area contributed by atoms with Gasteiger partial charge in [-0.15, -0.1) is 11.3 Å². The summed E-state index contributed by atoms with van der Waals surface area (Å²) in [5.74, 6) is 1.51. The lowest BCUT2D eigenvalue weighted by Gasteiger charge is -2.07. The highest BCUT2D eigenvalue weighted by molar-refractivity contribution is 9.10. The van der Waals surface area contributed by atoms with Crippen LogP contribution in [0.25, 0.3) is 0 Å². The van der Waals surface area contributed by atoms with E-state index in [4.69, 9.17) is 4.74 Å². The van der Waals surface area contributed by atoms with Crippen LogP contribution in [0, 0.1) is 12.8 Å². The minimum Gasteiger partial charge on any atom is -0.486 e. The summed E-state index contributed by atoms with van der Waals surface area (Å²) >= 11 is 5.20. The van der Waals surface area contributed by atoms with Gasteiger partial charge in [0.25, 0.3) is 0 Å². The Balaban J connectivity index is 1.85. The van der Waals surface area contributed by atoms with E-state index in [1.54, 1.807) is 11.3 Å². The van der Waals surface area contributed by atoms with Gasteiger partial charge in [-0.05, 0) is 53.0 Å². The Morgan fingerprint density at radius 2 is 2.19 bits per heavy atom. The molecule has 0 bridgehead atoms. The number of halogens is 1. The van der Waals surface area contributed by atoms with Gasteiger partial charge < -0.3 is 10.1 Å². The molecule has 3 nitrogen and oxygen atoms in total. The molecule has 0 spiro atoms. The third-order valence-corrected chi connectivity index (χ3v) is 4.41. The fraction of sp³-hybridized carbons (Fsp3) is 0.438. The highest BCUT2D eigenvalue weighted by atomic mass is 79.9. The summed E-state index contributed by atoms with van der Waals surface area (Å²) < 4.78 is 6.79. The van der Waals surface area contributed by atoms with Crippen LogP contribution in [0.2, 0.25) is 0 Å². The van der Waals surface area contributed by atoms with Crippen molar-refractivity contribution in [3.05, 3.63) is 44.3 Å². The van der Waals surface area contributed by atoms with Crippen LogP contribution in [0.3, 0.4) is 0 Å². The normalized spacial score (nSPS) is 11.1. The van der Waals surface area contributed by atoms with Crippen molar-refractivity contribution >= 4 is 27.3 Å². The topological polar surface area (TPSA) is 34.1 Å². The summed E-state index contributed by atoms with van der Waals surface area (Å²) in [7, 11) is 0. The van der Waals surface area contributed by atoms with Gasteiger partial charge in [0.05, 0.1) is 10.2 Å². The van der Waals surface area contributed by atoms with E-state index in [2.05, 4.69) is 58.4 Å². The van der Waals surface area contributed by atoms with E-state index < -0.39 is 0 Å². The molecule has 1 aromatic carbocycles. The number of rotatable bonds is 7. The third kappa shape index (κ3) is 5.41. The number of aryl methyl sites for hydroxylation is 1. The molecule has 114 valence electrons. The maximum atomic E-state index is 5.81. The van der Waals surface area contributed by atoms with Gasteiger partial charge in [0.1, 0.15) is 17.4 Å². The van der Waals surface area contributed by atoms with Crippen LogP contribution in [0.15, 0.2) is 28.1 Å². The van der Waals surface area contributed by atoms with Crippen LogP contribution in [-0.2, 0) is 13.2 Å². The Kier molecular flexibility index (Phi) is 6.21. The number of nitrogens with zero attached hydrogens (tertiary/aromatic N) is 1. The number of ether oxygens (including phenoxy) is 1. The lowest BCUT2D eigenvalue weighted by molar-refractivity contribution is 0.300. The summed E-state index contributed by atoms with van der Waals surface area (Å²) in [5.41, 5.74) is 2.19. The lowest BCUT2D eigenvalue weighted by Crippen LogP contribution is -2.18. The van der Waals surface area contributed by atoms with Gasteiger partial charge in [-0.2, -0.15) is 0 Å². The van der Waals surface area contributed by atoms with Crippen molar-refractivity contribution < 1.29 is 4.74 Å². The quantitative estimate of drug-likeness (QED) is 0.778. The summed E-state index contributed by atoms with van der Waals surface area (Å²) in [5, 5.41) is 6.58. The first-order valence-corrected chi connectivity index (χ1v) is 8.75. The maximum absolute atomic E-state index is 5.81. The highest BCUT2D eigenvalue weighted by Crippen LogP contribution is 2.26. The number of benzene rings is 1. The molecule has 0 aliphatic rings. The van der Waals surface area contributed by atoms with Gasteiger partial charge in [-0.25, -0.2) is 4.98 Å². The summed E-state index contributed by atoms with van der Waals surface area (Å²) in [6.45, 7) is 8.81. The number of hydrogen-bond acceptors (Lipinski definition) is 4. The van der Waals surface area contributed by atoms with E-state index in [1.807, 2.05) is 12.1 Å². The molecule has 0 saturated carbocycles. The van der Waals surface area contributed by atoms with Gasteiger partial charge in [-0.3, -0.25) is 0 Å². The van der Waals surface area contributed by atoms with Gasteiger partial charge in [0.2, 0.25) is 0 Å². The molecule has 1 N–H and O–H groups in total. The summed E-state index contributed by atoms with van der Waals surface area (Å²) in [4.78, 5) is 4.59. The summed E-state index contributed by atoms with van der Waals surface area (Å²) in [6.07, 6.45) is 0. The molecule has 0 radical (unpaired) electrons. The zero-order valence-corrected chi connectivity index (χ0v) is 15.1. The van der Waals surface area contributed by atoms with E-state index in [9.17, 15) is 0 Å². The van der Waals surface area contributed by atoms with Crippen molar-refractivity contribution in [3.63, 3.8) is 0 Å². The maximum Gasteiger partial charge on any atom is 0.134 e. The van der Waals surface area contributed by atoms with Crippen molar-refractivity contribution in [3.8, 4) is 5.75 Å². The Morgan fingerprint density at radius 1 is 1.38 bits per heavy atom. The Labute approximate surface area is 138 Å². The van der Waals surface area contributed by atoms with Crippen LogP contribution in [-0.4, -0.2) is 11.5 Å². The minimum absolute atomic E-state index is 0.502. The van der Waals surface area contributed by atoms with Crippen molar-refractivity contribution in [2.24, 2.45) is 5.92 Å². The SMILES string of the molecule is Cc1ccc(OCc2csc(CNCC(C)C)n2)c(Br)c1. The molecule has 5 heteroatoms. The Hall–Kier alpha value is -0.910. The largest absolute Gasteiger partial charge is 0.486 e. The molecule has 0 aliphatic heterocycles. The van der Waals surface area contributed by atoms with Crippen LogP contribution in [0.5, 0.6) is 5.75 Å². The highest BCUT2D eigenvalue weighted by Gasteiger charge is 2.05. The Bertz CT molecular complexity index is 583. The van der Waals surface area contributed by atoms with Gasteiger partial charge in [-0.1, -0.05) is 19.9 Å². The number of nitrogens with one attached hydrogen (secondary N) is 1. The average molecular weight is 369 g/mol. The van der Waals surface area contributed by atoms with Crippen LogP contribution in [0.4, 0.5) is 0 Å². The van der Waals surface area contributed by atoms with Crippen molar-refractivity contribution in [1.82, 2.24) is 10.3 Å². The first-order chi connectivity index (χ1) is 10.0.